The highest BCUT2D eigenvalue weighted by Crippen LogP contribution is 2.39. The average Bonchev–Trinajstić information content (AvgIpc) is 3.10. The molecule has 1 aliphatic rings. The molecule has 1 aliphatic carbocycles. The molecule has 6 heteroatoms. The molecule has 2 N–H and O–H groups in total. The Morgan fingerprint density at radius 3 is 2.83 bits per heavy atom. The van der Waals surface area contributed by atoms with E-state index in [1.165, 1.54) is 31.3 Å². The van der Waals surface area contributed by atoms with Crippen LogP contribution in [0.1, 0.15) is 28.1 Å². The molecule has 1 heterocycles. The van der Waals surface area contributed by atoms with E-state index in [1.54, 1.807) is 0 Å². The number of carbonyl (C=O) groups excluding carboxylic acids is 1. The SMILES string of the molecule is COC(=O)c1sc(N(C)CC2CC2)c(C#N)c1N. The summed E-state index contributed by atoms with van der Waals surface area (Å²) in [6.45, 7) is 0.898. The minimum absolute atomic E-state index is 0.229. The molecule has 96 valence electrons. The second-order valence-corrected chi connectivity index (χ2v) is 5.45. The van der Waals surface area contributed by atoms with Crippen LogP contribution in [0.25, 0.3) is 0 Å². The number of hydrogen-bond donors (Lipinski definition) is 1. The fourth-order valence-electron chi connectivity index (χ4n) is 1.82. The molecule has 1 aromatic rings. The number of esters is 1. The van der Waals surface area contributed by atoms with E-state index in [4.69, 9.17) is 11.0 Å². The molecule has 1 fully saturated rings. The van der Waals surface area contributed by atoms with Crippen LogP contribution in [0.4, 0.5) is 10.7 Å². The number of nitriles is 1. The standard InChI is InChI=1S/C12H15N3O2S/c1-15(6-7-3-4-7)11-8(5-13)9(14)10(18-11)12(16)17-2/h7H,3-4,6,14H2,1-2H3. The highest BCUT2D eigenvalue weighted by molar-refractivity contribution is 7.18. The van der Waals surface area contributed by atoms with E-state index in [0.29, 0.717) is 16.4 Å². The topological polar surface area (TPSA) is 79.3 Å². The molecule has 0 bridgehead atoms. The molecule has 0 spiro atoms. The minimum Gasteiger partial charge on any atom is -0.465 e. The zero-order valence-electron chi connectivity index (χ0n) is 10.4. The number of ether oxygens (including phenoxy) is 1. The third-order valence-corrected chi connectivity index (χ3v) is 4.28. The highest BCUT2D eigenvalue weighted by atomic mass is 32.1. The van der Waals surface area contributed by atoms with Crippen LogP contribution in [0.3, 0.4) is 0 Å². The Bertz CT molecular complexity index is 514. The largest absolute Gasteiger partial charge is 0.465 e. The first kappa shape index (κ1) is 12.7. The number of methoxy groups -OCH3 is 1. The Balaban J connectivity index is 2.33. The van der Waals surface area contributed by atoms with Crippen molar-refractivity contribution in [3.05, 3.63) is 10.4 Å². The summed E-state index contributed by atoms with van der Waals surface area (Å²) in [5, 5.41) is 9.92. The van der Waals surface area contributed by atoms with Crippen molar-refractivity contribution < 1.29 is 9.53 Å². The Morgan fingerprint density at radius 2 is 2.33 bits per heavy atom. The van der Waals surface area contributed by atoms with E-state index >= 15 is 0 Å². The van der Waals surface area contributed by atoms with Crippen molar-refractivity contribution in [2.24, 2.45) is 5.92 Å². The van der Waals surface area contributed by atoms with Crippen LogP contribution in [0.2, 0.25) is 0 Å². The lowest BCUT2D eigenvalue weighted by atomic mass is 10.2. The van der Waals surface area contributed by atoms with Crippen molar-refractivity contribution in [1.29, 1.82) is 5.26 Å². The van der Waals surface area contributed by atoms with Gasteiger partial charge in [-0.1, -0.05) is 0 Å². The van der Waals surface area contributed by atoms with E-state index < -0.39 is 5.97 Å². The fraction of sp³-hybridized carbons (Fsp3) is 0.500. The first-order valence-corrected chi connectivity index (χ1v) is 6.52. The van der Waals surface area contributed by atoms with Gasteiger partial charge in [-0.25, -0.2) is 4.79 Å². The first-order valence-electron chi connectivity index (χ1n) is 5.70. The van der Waals surface area contributed by atoms with Crippen LogP contribution < -0.4 is 10.6 Å². The number of nitrogens with two attached hydrogens (primary N) is 1. The Labute approximate surface area is 110 Å². The van der Waals surface area contributed by atoms with E-state index in [1.807, 2.05) is 11.9 Å². The second-order valence-electron chi connectivity index (χ2n) is 4.45. The monoisotopic (exact) mass is 265 g/mol. The van der Waals surface area contributed by atoms with E-state index in [-0.39, 0.29) is 5.69 Å². The lowest BCUT2D eigenvalue weighted by Gasteiger charge is -2.16. The average molecular weight is 265 g/mol. The maximum absolute atomic E-state index is 11.6. The number of rotatable bonds is 4. The summed E-state index contributed by atoms with van der Waals surface area (Å²) in [5.41, 5.74) is 6.44. The molecule has 0 unspecified atom stereocenters. The molecule has 5 nitrogen and oxygen atoms in total. The predicted octanol–water partition coefficient (Wildman–Crippen LogP) is 1.83. The summed E-state index contributed by atoms with van der Waals surface area (Å²) in [6.07, 6.45) is 2.47. The number of carbonyl (C=O) groups is 1. The van der Waals surface area contributed by atoms with Crippen LogP contribution in [0.15, 0.2) is 0 Å². The molecule has 18 heavy (non-hydrogen) atoms. The van der Waals surface area contributed by atoms with Gasteiger partial charge in [0.05, 0.1) is 12.8 Å². The quantitative estimate of drug-likeness (QED) is 0.840. The van der Waals surface area contributed by atoms with Gasteiger partial charge in [0.15, 0.2) is 0 Å². The maximum atomic E-state index is 11.6. The van der Waals surface area contributed by atoms with Crippen LogP contribution in [-0.4, -0.2) is 26.7 Å². The van der Waals surface area contributed by atoms with Gasteiger partial charge in [0, 0.05) is 13.6 Å². The molecule has 2 rings (SSSR count). The summed E-state index contributed by atoms with van der Waals surface area (Å²) in [6, 6.07) is 2.07. The van der Waals surface area contributed by atoms with Crippen molar-refractivity contribution in [1.82, 2.24) is 0 Å². The van der Waals surface area contributed by atoms with Crippen LogP contribution in [0.5, 0.6) is 0 Å². The first-order chi connectivity index (χ1) is 8.58. The normalized spacial score (nSPS) is 14.1. The molecule has 0 amide bonds. The van der Waals surface area contributed by atoms with Gasteiger partial charge in [-0.2, -0.15) is 5.26 Å². The van der Waals surface area contributed by atoms with Crippen molar-refractivity contribution in [3.8, 4) is 6.07 Å². The van der Waals surface area contributed by atoms with Gasteiger partial charge in [0.2, 0.25) is 0 Å². The molecule has 0 radical (unpaired) electrons. The van der Waals surface area contributed by atoms with Gasteiger partial charge in [-0.05, 0) is 18.8 Å². The van der Waals surface area contributed by atoms with Gasteiger partial charge in [0.1, 0.15) is 21.5 Å². The Hall–Kier alpha value is -1.74. The third-order valence-electron chi connectivity index (χ3n) is 2.98. The van der Waals surface area contributed by atoms with Crippen LogP contribution in [0, 0.1) is 17.2 Å². The fourth-order valence-corrected chi connectivity index (χ4v) is 2.88. The molecule has 1 saturated carbocycles. The van der Waals surface area contributed by atoms with Crippen molar-refractivity contribution in [2.45, 2.75) is 12.8 Å². The summed E-state index contributed by atoms with van der Waals surface area (Å²) < 4.78 is 4.67. The van der Waals surface area contributed by atoms with Gasteiger partial charge >= 0.3 is 5.97 Å². The molecule has 0 aromatic carbocycles. The van der Waals surface area contributed by atoms with Gasteiger partial charge < -0.3 is 15.4 Å². The third kappa shape index (κ3) is 2.27. The molecule has 1 aromatic heterocycles. The lowest BCUT2D eigenvalue weighted by Crippen LogP contribution is -2.19. The van der Waals surface area contributed by atoms with Gasteiger partial charge in [0.25, 0.3) is 0 Å². The molecular formula is C12H15N3O2S. The minimum atomic E-state index is -0.486. The highest BCUT2D eigenvalue weighted by Gasteiger charge is 2.27. The molecule has 0 aliphatic heterocycles. The summed E-state index contributed by atoms with van der Waals surface area (Å²) in [4.78, 5) is 13.9. The number of anilines is 2. The zero-order valence-corrected chi connectivity index (χ0v) is 11.2. The van der Waals surface area contributed by atoms with Crippen molar-refractivity contribution in [3.63, 3.8) is 0 Å². The molecule has 0 saturated heterocycles. The number of hydrogen-bond acceptors (Lipinski definition) is 6. The van der Waals surface area contributed by atoms with E-state index in [9.17, 15) is 4.79 Å². The Kier molecular flexibility index (Phi) is 3.43. The van der Waals surface area contributed by atoms with E-state index in [2.05, 4.69) is 10.8 Å². The predicted molar refractivity (Wildman–Crippen MR) is 70.8 cm³/mol. The summed E-state index contributed by atoms with van der Waals surface area (Å²) in [5.74, 6) is 0.214. The Morgan fingerprint density at radius 1 is 1.67 bits per heavy atom. The van der Waals surface area contributed by atoms with Gasteiger partial charge in [-0.15, -0.1) is 11.3 Å². The van der Waals surface area contributed by atoms with E-state index in [0.717, 1.165) is 11.5 Å². The molecular weight excluding hydrogens is 250 g/mol. The van der Waals surface area contributed by atoms with Crippen LogP contribution >= 0.6 is 11.3 Å². The maximum Gasteiger partial charge on any atom is 0.350 e. The number of nitrogens with zero attached hydrogens (tertiary/aromatic N) is 2. The summed E-state index contributed by atoms with van der Waals surface area (Å²) >= 11 is 1.23. The van der Waals surface area contributed by atoms with Crippen molar-refractivity contribution >= 4 is 28.0 Å². The van der Waals surface area contributed by atoms with Crippen LogP contribution in [-0.2, 0) is 4.74 Å². The zero-order chi connectivity index (χ0) is 13.3. The van der Waals surface area contributed by atoms with Crippen molar-refractivity contribution in [2.75, 3.05) is 31.3 Å². The number of nitrogen functional groups attached to an aromatic ring is 1. The number of thiophene rings is 1. The second kappa shape index (κ2) is 4.86. The smallest absolute Gasteiger partial charge is 0.350 e. The lowest BCUT2D eigenvalue weighted by molar-refractivity contribution is 0.0607. The molecule has 0 atom stereocenters. The van der Waals surface area contributed by atoms with Gasteiger partial charge in [-0.3, -0.25) is 0 Å². The summed E-state index contributed by atoms with van der Waals surface area (Å²) in [7, 11) is 3.23.